The van der Waals surface area contributed by atoms with Crippen LogP contribution in [0.25, 0.3) is 0 Å². The van der Waals surface area contributed by atoms with Gasteiger partial charge in [-0.15, -0.1) is 0 Å². The Bertz CT molecular complexity index is 750. The first-order valence-electron chi connectivity index (χ1n) is 9.72. The number of benzene rings is 2. The summed E-state index contributed by atoms with van der Waals surface area (Å²) >= 11 is 0. The zero-order valence-electron chi connectivity index (χ0n) is 16.4. The molecule has 2 aromatic carbocycles. The fourth-order valence-electron chi connectivity index (χ4n) is 3.32. The van der Waals surface area contributed by atoms with Crippen LogP contribution in [0.4, 0.5) is 16.2 Å². The molecule has 1 saturated heterocycles. The Hall–Kier alpha value is -2.69. The maximum absolute atomic E-state index is 12.6. The van der Waals surface area contributed by atoms with Crippen LogP contribution >= 0.6 is 0 Å². The molecule has 0 aliphatic carbocycles. The van der Waals surface area contributed by atoms with E-state index < -0.39 is 0 Å². The van der Waals surface area contributed by atoms with Gasteiger partial charge < -0.3 is 19.9 Å². The van der Waals surface area contributed by atoms with Gasteiger partial charge in [0.25, 0.3) is 0 Å². The Kier molecular flexibility index (Phi) is 6.22. The summed E-state index contributed by atoms with van der Waals surface area (Å²) in [5, 5.41) is 3.06. The van der Waals surface area contributed by atoms with Gasteiger partial charge in [0.2, 0.25) is 0 Å². The lowest BCUT2D eigenvalue weighted by Crippen LogP contribution is -2.50. The Morgan fingerprint density at radius 2 is 1.70 bits per heavy atom. The number of urea groups is 1. The highest BCUT2D eigenvalue weighted by Crippen LogP contribution is 2.22. The van der Waals surface area contributed by atoms with Gasteiger partial charge in [-0.05, 0) is 56.2 Å². The topological polar surface area (TPSA) is 44.8 Å². The highest BCUT2D eigenvalue weighted by atomic mass is 16.5. The first kappa shape index (κ1) is 19.1. The van der Waals surface area contributed by atoms with Crippen molar-refractivity contribution in [3.63, 3.8) is 0 Å². The summed E-state index contributed by atoms with van der Waals surface area (Å²) in [5.74, 6) is 0.890. The maximum Gasteiger partial charge on any atom is 0.321 e. The van der Waals surface area contributed by atoms with Crippen molar-refractivity contribution in [1.29, 1.82) is 0 Å². The van der Waals surface area contributed by atoms with Crippen molar-refractivity contribution in [3.8, 4) is 5.75 Å². The monoisotopic (exact) mass is 367 g/mol. The third-order valence-corrected chi connectivity index (χ3v) is 4.78. The van der Waals surface area contributed by atoms with E-state index in [9.17, 15) is 4.79 Å². The lowest BCUT2D eigenvalue weighted by Gasteiger charge is -2.36. The smallest absolute Gasteiger partial charge is 0.321 e. The van der Waals surface area contributed by atoms with Gasteiger partial charge in [0.1, 0.15) is 5.75 Å². The Morgan fingerprint density at radius 1 is 1.04 bits per heavy atom. The summed E-state index contributed by atoms with van der Waals surface area (Å²) in [6.45, 7) is 9.23. The molecule has 27 heavy (non-hydrogen) atoms. The van der Waals surface area contributed by atoms with Crippen LogP contribution < -0.4 is 15.0 Å². The Balaban J connectivity index is 1.54. The molecule has 1 heterocycles. The molecule has 5 heteroatoms. The number of piperazine rings is 1. The molecule has 1 fully saturated rings. The van der Waals surface area contributed by atoms with Crippen molar-refractivity contribution in [2.75, 3.05) is 36.4 Å². The summed E-state index contributed by atoms with van der Waals surface area (Å²) in [7, 11) is 0. The standard InChI is InChI=1S/C22H29N3O2/c1-4-18-7-5-6-8-21(18)23-22(26)25-15-13-24(14-16-25)19-9-11-20(12-10-19)27-17(2)3/h5-12,17H,4,13-16H2,1-3H3,(H,23,26). The molecule has 0 atom stereocenters. The summed E-state index contributed by atoms with van der Waals surface area (Å²) in [6.07, 6.45) is 1.08. The van der Waals surface area contributed by atoms with E-state index in [0.717, 1.165) is 36.5 Å². The molecule has 0 aromatic heterocycles. The molecule has 5 nitrogen and oxygen atoms in total. The van der Waals surface area contributed by atoms with E-state index in [2.05, 4.69) is 35.3 Å². The average Bonchev–Trinajstić information content (AvgIpc) is 2.68. The number of carbonyl (C=O) groups excluding carboxylic acids is 1. The number of anilines is 2. The lowest BCUT2D eigenvalue weighted by molar-refractivity contribution is 0.208. The molecular formula is C22H29N3O2. The van der Waals surface area contributed by atoms with Crippen molar-refractivity contribution in [1.82, 2.24) is 4.90 Å². The Labute approximate surface area is 161 Å². The number of ether oxygens (including phenoxy) is 1. The molecule has 1 aliphatic rings. The third-order valence-electron chi connectivity index (χ3n) is 4.78. The second-order valence-electron chi connectivity index (χ2n) is 7.08. The normalized spacial score (nSPS) is 14.4. The first-order valence-corrected chi connectivity index (χ1v) is 9.72. The van der Waals surface area contributed by atoms with Gasteiger partial charge in [0.05, 0.1) is 6.10 Å². The second kappa shape index (κ2) is 8.80. The minimum absolute atomic E-state index is 0.0174. The van der Waals surface area contributed by atoms with E-state index in [1.165, 1.54) is 5.69 Å². The molecule has 0 bridgehead atoms. The average molecular weight is 367 g/mol. The molecule has 1 aliphatic heterocycles. The molecule has 144 valence electrons. The van der Waals surface area contributed by atoms with Gasteiger partial charge >= 0.3 is 6.03 Å². The highest BCUT2D eigenvalue weighted by Gasteiger charge is 2.21. The summed E-state index contributed by atoms with van der Waals surface area (Å²) in [5.41, 5.74) is 3.24. The SMILES string of the molecule is CCc1ccccc1NC(=O)N1CCN(c2ccc(OC(C)C)cc2)CC1. The Morgan fingerprint density at radius 3 is 2.33 bits per heavy atom. The zero-order chi connectivity index (χ0) is 19.2. The predicted molar refractivity (Wildman–Crippen MR) is 111 cm³/mol. The first-order chi connectivity index (χ1) is 13.1. The summed E-state index contributed by atoms with van der Waals surface area (Å²) < 4.78 is 5.70. The molecule has 3 rings (SSSR count). The van der Waals surface area contributed by atoms with Crippen LogP contribution in [0, 0.1) is 0 Å². The molecule has 0 unspecified atom stereocenters. The van der Waals surface area contributed by atoms with E-state index in [1.807, 2.05) is 49.1 Å². The van der Waals surface area contributed by atoms with Crippen molar-refractivity contribution in [3.05, 3.63) is 54.1 Å². The van der Waals surface area contributed by atoms with Crippen LogP contribution in [0.15, 0.2) is 48.5 Å². The number of rotatable bonds is 5. The number of aryl methyl sites for hydroxylation is 1. The lowest BCUT2D eigenvalue weighted by atomic mass is 10.1. The van der Waals surface area contributed by atoms with Crippen LogP contribution in [0.3, 0.4) is 0 Å². The van der Waals surface area contributed by atoms with Crippen molar-refractivity contribution >= 4 is 17.4 Å². The van der Waals surface area contributed by atoms with Crippen LogP contribution in [0.1, 0.15) is 26.3 Å². The number of para-hydroxylation sites is 1. The van der Waals surface area contributed by atoms with Crippen LogP contribution in [0.2, 0.25) is 0 Å². The number of carbonyl (C=O) groups is 1. The van der Waals surface area contributed by atoms with Gasteiger partial charge in [-0.2, -0.15) is 0 Å². The van der Waals surface area contributed by atoms with Crippen molar-refractivity contribution in [2.45, 2.75) is 33.3 Å². The summed E-state index contributed by atoms with van der Waals surface area (Å²) in [6, 6.07) is 16.2. The molecule has 2 aromatic rings. The van der Waals surface area contributed by atoms with Crippen LogP contribution in [0.5, 0.6) is 5.75 Å². The molecule has 0 saturated carbocycles. The van der Waals surface area contributed by atoms with Gasteiger partial charge in [-0.25, -0.2) is 4.79 Å². The fraction of sp³-hybridized carbons (Fsp3) is 0.409. The molecule has 2 amide bonds. The second-order valence-corrected chi connectivity index (χ2v) is 7.08. The van der Waals surface area contributed by atoms with Crippen LogP contribution in [-0.2, 0) is 6.42 Å². The van der Waals surface area contributed by atoms with Gasteiger partial charge in [0, 0.05) is 37.6 Å². The number of hydrogen-bond donors (Lipinski definition) is 1. The quantitative estimate of drug-likeness (QED) is 0.852. The number of hydrogen-bond acceptors (Lipinski definition) is 3. The number of amides is 2. The maximum atomic E-state index is 12.6. The van der Waals surface area contributed by atoms with Gasteiger partial charge in [-0.3, -0.25) is 0 Å². The van der Waals surface area contributed by atoms with Gasteiger partial charge in [-0.1, -0.05) is 25.1 Å². The zero-order valence-corrected chi connectivity index (χ0v) is 16.4. The van der Waals surface area contributed by atoms with E-state index in [0.29, 0.717) is 13.1 Å². The molecule has 1 N–H and O–H groups in total. The molecule has 0 radical (unpaired) electrons. The van der Waals surface area contributed by atoms with Gasteiger partial charge in [0.15, 0.2) is 0 Å². The van der Waals surface area contributed by atoms with E-state index in [-0.39, 0.29) is 12.1 Å². The van der Waals surface area contributed by atoms with Crippen molar-refractivity contribution < 1.29 is 9.53 Å². The van der Waals surface area contributed by atoms with E-state index in [1.54, 1.807) is 0 Å². The predicted octanol–water partition coefficient (Wildman–Crippen LogP) is 4.39. The van der Waals surface area contributed by atoms with Crippen molar-refractivity contribution in [2.24, 2.45) is 0 Å². The summed E-state index contributed by atoms with van der Waals surface area (Å²) in [4.78, 5) is 16.8. The molecular weight excluding hydrogens is 338 g/mol. The third kappa shape index (κ3) is 4.94. The molecule has 0 spiro atoms. The number of nitrogens with zero attached hydrogens (tertiary/aromatic N) is 2. The fourth-order valence-corrected chi connectivity index (χ4v) is 3.32. The van der Waals surface area contributed by atoms with E-state index >= 15 is 0 Å². The van der Waals surface area contributed by atoms with E-state index in [4.69, 9.17) is 4.74 Å². The minimum atomic E-state index is -0.0174. The highest BCUT2D eigenvalue weighted by molar-refractivity contribution is 5.90. The largest absolute Gasteiger partial charge is 0.491 e. The van der Waals surface area contributed by atoms with Crippen LogP contribution in [-0.4, -0.2) is 43.2 Å². The minimum Gasteiger partial charge on any atom is -0.491 e. The number of nitrogens with one attached hydrogen (secondary N) is 1.